The molecular formula is C34H21NOS. The fraction of sp³-hybridized carbons (Fsp3) is 0. The van der Waals surface area contributed by atoms with Crippen LogP contribution in [0.5, 0.6) is 0 Å². The molecule has 2 aromatic heterocycles. The van der Waals surface area contributed by atoms with Gasteiger partial charge in [0.15, 0.2) is 0 Å². The van der Waals surface area contributed by atoms with Crippen molar-refractivity contribution in [3.63, 3.8) is 0 Å². The van der Waals surface area contributed by atoms with E-state index in [0.29, 0.717) is 0 Å². The first-order chi connectivity index (χ1) is 18.3. The minimum absolute atomic E-state index is 0.920. The number of rotatable bonds is 3. The largest absolute Gasteiger partial charge is 0.455 e. The number of thiophene rings is 1. The molecule has 0 aliphatic carbocycles. The standard InChI is InChI=1S/C34H21NOS/c1-2-12-24(13-3-1)35(25-19-18-22-10-4-5-11-23(22)20-25)29-21-28-26-14-6-8-16-30(26)36-33(28)32-27-15-7-9-17-31(27)37-34(29)32/h1-21H. The van der Waals surface area contributed by atoms with E-state index in [9.17, 15) is 0 Å². The van der Waals surface area contributed by atoms with E-state index in [4.69, 9.17) is 4.42 Å². The van der Waals surface area contributed by atoms with Crippen molar-refractivity contribution in [1.29, 1.82) is 0 Å². The summed E-state index contributed by atoms with van der Waals surface area (Å²) >= 11 is 1.83. The lowest BCUT2D eigenvalue weighted by Crippen LogP contribution is -2.10. The number of hydrogen-bond donors (Lipinski definition) is 0. The van der Waals surface area contributed by atoms with Crippen LogP contribution in [0.15, 0.2) is 132 Å². The molecule has 0 radical (unpaired) electrons. The fourth-order valence-corrected chi connectivity index (χ4v) is 6.74. The van der Waals surface area contributed by atoms with Crippen molar-refractivity contribution in [3.8, 4) is 0 Å². The van der Waals surface area contributed by atoms with Gasteiger partial charge in [-0.15, -0.1) is 11.3 Å². The quantitative estimate of drug-likeness (QED) is 0.244. The zero-order valence-electron chi connectivity index (χ0n) is 19.9. The maximum absolute atomic E-state index is 6.52. The van der Waals surface area contributed by atoms with Gasteiger partial charge in [-0.3, -0.25) is 0 Å². The highest BCUT2D eigenvalue weighted by molar-refractivity contribution is 7.26. The fourth-order valence-electron chi connectivity index (χ4n) is 5.53. The second-order valence-electron chi connectivity index (χ2n) is 9.38. The summed E-state index contributed by atoms with van der Waals surface area (Å²) in [5.41, 5.74) is 5.31. The minimum Gasteiger partial charge on any atom is -0.455 e. The molecule has 3 heteroatoms. The van der Waals surface area contributed by atoms with Crippen LogP contribution in [0.2, 0.25) is 0 Å². The average Bonchev–Trinajstić information content (AvgIpc) is 3.52. The highest BCUT2D eigenvalue weighted by Crippen LogP contribution is 2.49. The Kier molecular flexibility index (Phi) is 4.42. The number of hydrogen-bond acceptors (Lipinski definition) is 3. The average molecular weight is 492 g/mol. The van der Waals surface area contributed by atoms with Crippen LogP contribution < -0.4 is 4.90 Å². The molecule has 8 rings (SSSR count). The van der Waals surface area contributed by atoms with E-state index in [1.54, 1.807) is 0 Å². The Labute approximate surface area is 217 Å². The van der Waals surface area contributed by atoms with E-state index in [1.807, 2.05) is 17.4 Å². The Morgan fingerprint density at radius 3 is 2.16 bits per heavy atom. The summed E-state index contributed by atoms with van der Waals surface area (Å²) < 4.78 is 9.01. The molecule has 0 spiro atoms. The van der Waals surface area contributed by atoms with Gasteiger partial charge in [-0.2, -0.15) is 0 Å². The van der Waals surface area contributed by atoms with Crippen molar-refractivity contribution in [3.05, 3.63) is 127 Å². The molecule has 0 aliphatic rings. The van der Waals surface area contributed by atoms with E-state index in [-0.39, 0.29) is 0 Å². The summed E-state index contributed by atoms with van der Waals surface area (Å²) in [6, 6.07) is 45.3. The van der Waals surface area contributed by atoms with Gasteiger partial charge in [0.05, 0.1) is 10.4 Å². The molecule has 0 atom stereocenters. The van der Waals surface area contributed by atoms with Gasteiger partial charge in [0.2, 0.25) is 0 Å². The van der Waals surface area contributed by atoms with Crippen LogP contribution >= 0.6 is 11.3 Å². The summed E-state index contributed by atoms with van der Waals surface area (Å²) in [7, 11) is 0. The summed E-state index contributed by atoms with van der Waals surface area (Å²) in [5, 5.41) is 7.17. The molecule has 8 aromatic rings. The summed E-state index contributed by atoms with van der Waals surface area (Å²) in [6.45, 7) is 0. The van der Waals surface area contributed by atoms with Crippen LogP contribution in [-0.2, 0) is 0 Å². The highest BCUT2D eigenvalue weighted by Gasteiger charge is 2.23. The number of benzene rings is 6. The number of nitrogens with zero attached hydrogens (tertiary/aromatic N) is 1. The molecule has 2 nitrogen and oxygen atoms in total. The van der Waals surface area contributed by atoms with Gasteiger partial charge in [-0.25, -0.2) is 0 Å². The first-order valence-corrected chi connectivity index (χ1v) is 13.3. The summed E-state index contributed by atoms with van der Waals surface area (Å²) in [5.74, 6) is 0. The predicted octanol–water partition coefficient (Wildman–Crippen LogP) is 10.6. The van der Waals surface area contributed by atoms with Crippen molar-refractivity contribution < 1.29 is 4.42 Å². The van der Waals surface area contributed by atoms with Gasteiger partial charge < -0.3 is 9.32 Å². The van der Waals surface area contributed by atoms with Crippen LogP contribution in [-0.4, -0.2) is 0 Å². The Hall–Kier alpha value is -4.60. The Bertz CT molecular complexity index is 2100. The second-order valence-corrected chi connectivity index (χ2v) is 10.4. The third-order valence-electron chi connectivity index (χ3n) is 7.22. The zero-order chi connectivity index (χ0) is 24.3. The van der Waals surface area contributed by atoms with Crippen LogP contribution in [0, 0.1) is 0 Å². The molecule has 0 amide bonds. The number of para-hydroxylation sites is 2. The lowest BCUT2D eigenvalue weighted by Gasteiger charge is -2.26. The topological polar surface area (TPSA) is 16.4 Å². The smallest absolute Gasteiger partial charge is 0.144 e. The zero-order valence-corrected chi connectivity index (χ0v) is 20.7. The van der Waals surface area contributed by atoms with Crippen LogP contribution in [0.4, 0.5) is 17.1 Å². The van der Waals surface area contributed by atoms with Crippen molar-refractivity contribution in [1.82, 2.24) is 0 Å². The molecular weight excluding hydrogens is 470 g/mol. The van der Waals surface area contributed by atoms with E-state index in [1.165, 1.54) is 30.9 Å². The molecule has 0 unspecified atom stereocenters. The third-order valence-corrected chi connectivity index (χ3v) is 8.41. The minimum atomic E-state index is 0.920. The van der Waals surface area contributed by atoms with Crippen molar-refractivity contribution in [2.75, 3.05) is 4.90 Å². The molecule has 2 heterocycles. The first kappa shape index (κ1) is 20.6. The molecule has 174 valence electrons. The molecule has 0 fully saturated rings. The normalized spacial score (nSPS) is 11.8. The van der Waals surface area contributed by atoms with E-state index >= 15 is 0 Å². The maximum atomic E-state index is 6.52. The number of anilines is 3. The number of furan rings is 1. The van der Waals surface area contributed by atoms with Gasteiger partial charge in [-0.1, -0.05) is 84.9 Å². The van der Waals surface area contributed by atoms with Crippen LogP contribution in [0.3, 0.4) is 0 Å². The van der Waals surface area contributed by atoms with Crippen LogP contribution in [0.1, 0.15) is 0 Å². The highest BCUT2D eigenvalue weighted by atomic mass is 32.1. The van der Waals surface area contributed by atoms with E-state index in [2.05, 4.69) is 126 Å². The van der Waals surface area contributed by atoms with Gasteiger partial charge in [0.25, 0.3) is 0 Å². The molecule has 37 heavy (non-hydrogen) atoms. The molecule has 0 saturated carbocycles. The lowest BCUT2D eigenvalue weighted by atomic mass is 10.0. The monoisotopic (exact) mass is 491 g/mol. The molecule has 0 N–H and O–H groups in total. The van der Waals surface area contributed by atoms with Crippen LogP contribution in [0.25, 0.3) is 52.9 Å². The first-order valence-electron chi connectivity index (χ1n) is 12.4. The molecule has 0 aliphatic heterocycles. The van der Waals surface area contributed by atoms with Crippen molar-refractivity contribution >= 4 is 81.3 Å². The Morgan fingerprint density at radius 2 is 1.27 bits per heavy atom. The van der Waals surface area contributed by atoms with E-state index in [0.717, 1.165) is 39.0 Å². The number of fused-ring (bicyclic) bond motifs is 8. The predicted molar refractivity (Wildman–Crippen MR) is 159 cm³/mol. The molecule has 0 bridgehead atoms. The van der Waals surface area contributed by atoms with Gasteiger partial charge >= 0.3 is 0 Å². The van der Waals surface area contributed by atoms with Gasteiger partial charge in [0, 0.05) is 37.6 Å². The van der Waals surface area contributed by atoms with Gasteiger partial charge in [0.1, 0.15) is 11.2 Å². The Morgan fingerprint density at radius 1 is 0.541 bits per heavy atom. The van der Waals surface area contributed by atoms with E-state index < -0.39 is 0 Å². The maximum Gasteiger partial charge on any atom is 0.144 e. The second kappa shape index (κ2) is 7.95. The SMILES string of the molecule is c1ccc(N(c2ccc3ccccc3c2)c2cc3c4ccccc4oc3c3c2sc2ccccc23)cc1. The van der Waals surface area contributed by atoms with Gasteiger partial charge in [-0.05, 0) is 53.2 Å². The molecule has 0 saturated heterocycles. The van der Waals surface area contributed by atoms with Crippen molar-refractivity contribution in [2.24, 2.45) is 0 Å². The summed E-state index contributed by atoms with van der Waals surface area (Å²) in [4.78, 5) is 2.39. The third kappa shape index (κ3) is 3.11. The Balaban J connectivity index is 1.54. The molecule has 6 aromatic carbocycles. The van der Waals surface area contributed by atoms with Crippen molar-refractivity contribution in [2.45, 2.75) is 0 Å². The lowest BCUT2D eigenvalue weighted by molar-refractivity contribution is 0.673. The summed E-state index contributed by atoms with van der Waals surface area (Å²) in [6.07, 6.45) is 0.